The van der Waals surface area contributed by atoms with Gasteiger partial charge in [-0.15, -0.1) is 6.58 Å². The molecule has 0 saturated heterocycles. The molecule has 1 N–H and O–H groups in total. The molecule has 20 heavy (non-hydrogen) atoms. The number of hydrogen-bond donors (Lipinski definition) is 1. The fourth-order valence-electron chi connectivity index (χ4n) is 1.66. The molecule has 0 saturated carbocycles. The molecule has 0 radical (unpaired) electrons. The Labute approximate surface area is 123 Å². The van der Waals surface area contributed by atoms with Crippen molar-refractivity contribution < 1.29 is 9.47 Å². The van der Waals surface area contributed by atoms with Crippen LogP contribution in [-0.2, 0) is 11.3 Å². The van der Waals surface area contributed by atoms with Gasteiger partial charge in [-0.3, -0.25) is 0 Å². The van der Waals surface area contributed by atoms with Crippen LogP contribution in [0.15, 0.2) is 36.4 Å². The van der Waals surface area contributed by atoms with Gasteiger partial charge in [0.15, 0.2) is 0 Å². The molecule has 0 spiro atoms. The van der Waals surface area contributed by atoms with E-state index in [1.807, 2.05) is 25.1 Å². The number of para-hydroxylation sites is 1. The van der Waals surface area contributed by atoms with Gasteiger partial charge in [-0.05, 0) is 19.4 Å². The number of nitrogens with one attached hydrogen (secondary N) is 1. The van der Waals surface area contributed by atoms with Gasteiger partial charge in [-0.25, -0.2) is 0 Å². The molecule has 0 aliphatic rings. The first kappa shape index (κ1) is 16.7. The third kappa shape index (κ3) is 7.31. The van der Waals surface area contributed by atoms with Crippen molar-refractivity contribution in [2.24, 2.45) is 0 Å². The van der Waals surface area contributed by atoms with E-state index in [9.17, 15) is 0 Å². The third-order valence-electron chi connectivity index (χ3n) is 2.83. The summed E-state index contributed by atoms with van der Waals surface area (Å²) in [5.74, 6) is 0.934. The van der Waals surface area contributed by atoms with Crippen molar-refractivity contribution in [1.29, 1.82) is 0 Å². The van der Waals surface area contributed by atoms with Crippen LogP contribution < -0.4 is 10.1 Å². The summed E-state index contributed by atoms with van der Waals surface area (Å²) in [5.41, 5.74) is 2.33. The van der Waals surface area contributed by atoms with E-state index in [0.29, 0.717) is 19.3 Å². The van der Waals surface area contributed by atoms with Crippen LogP contribution >= 0.6 is 0 Å². The van der Waals surface area contributed by atoms with E-state index in [1.54, 1.807) is 0 Å². The molecule has 0 unspecified atom stereocenters. The van der Waals surface area contributed by atoms with Gasteiger partial charge in [0.1, 0.15) is 12.4 Å². The second-order valence-electron chi connectivity index (χ2n) is 5.31. The minimum absolute atomic E-state index is 0.466. The van der Waals surface area contributed by atoms with Crippen LogP contribution in [0.2, 0.25) is 0 Å². The predicted molar refractivity (Wildman–Crippen MR) is 84.2 cm³/mol. The second kappa shape index (κ2) is 9.56. The number of benzene rings is 1. The zero-order valence-electron chi connectivity index (χ0n) is 12.9. The standard InChI is InChI=1S/C17H27NO2/c1-14(2)9-10-19-11-12-20-17-8-6-5-7-16(17)13-18-15(3)4/h5-8,15,18H,1,9-13H2,2-4H3. The normalized spacial score (nSPS) is 10.8. The Balaban J connectivity index is 2.30. The van der Waals surface area contributed by atoms with Crippen LogP contribution in [0.5, 0.6) is 5.75 Å². The molecule has 1 rings (SSSR count). The topological polar surface area (TPSA) is 30.5 Å². The largest absolute Gasteiger partial charge is 0.491 e. The summed E-state index contributed by atoms with van der Waals surface area (Å²) < 4.78 is 11.3. The Morgan fingerprint density at radius 3 is 2.65 bits per heavy atom. The fraction of sp³-hybridized carbons (Fsp3) is 0.529. The Kier molecular flexibility index (Phi) is 8.00. The summed E-state index contributed by atoms with van der Waals surface area (Å²) in [7, 11) is 0. The van der Waals surface area contributed by atoms with Crippen LogP contribution in [-0.4, -0.2) is 25.9 Å². The molecule has 3 heteroatoms. The van der Waals surface area contributed by atoms with Gasteiger partial charge in [0.2, 0.25) is 0 Å². The van der Waals surface area contributed by atoms with Crippen molar-refractivity contribution in [3.05, 3.63) is 42.0 Å². The van der Waals surface area contributed by atoms with Crippen LogP contribution in [0.4, 0.5) is 0 Å². The van der Waals surface area contributed by atoms with Gasteiger partial charge in [0.25, 0.3) is 0 Å². The molecule has 0 aromatic heterocycles. The Bertz CT molecular complexity index is 402. The van der Waals surface area contributed by atoms with Crippen LogP contribution in [0.3, 0.4) is 0 Å². The average Bonchev–Trinajstić information content (AvgIpc) is 2.41. The smallest absolute Gasteiger partial charge is 0.123 e. The lowest BCUT2D eigenvalue weighted by Gasteiger charge is -2.13. The van der Waals surface area contributed by atoms with Gasteiger partial charge >= 0.3 is 0 Å². The van der Waals surface area contributed by atoms with Crippen molar-refractivity contribution in [3.8, 4) is 5.75 Å². The number of hydrogen-bond acceptors (Lipinski definition) is 3. The van der Waals surface area contributed by atoms with E-state index >= 15 is 0 Å². The van der Waals surface area contributed by atoms with Crippen LogP contribution in [0.25, 0.3) is 0 Å². The van der Waals surface area contributed by atoms with E-state index in [0.717, 1.165) is 30.9 Å². The summed E-state index contributed by atoms with van der Waals surface area (Å²) in [4.78, 5) is 0. The molecule has 112 valence electrons. The maximum Gasteiger partial charge on any atom is 0.123 e. The Morgan fingerprint density at radius 2 is 1.95 bits per heavy atom. The van der Waals surface area contributed by atoms with E-state index < -0.39 is 0 Å². The molecular formula is C17H27NO2. The molecule has 0 aliphatic heterocycles. The molecule has 3 nitrogen and oxygen atoms in total. The van der Waals surface area contributed by atoms with Crippen molar-refractivity contribution in [2.75, 3.05) is 19.8 Å². The summed E-state index contributed by atoms with van der Waals surface area (Å²) >= 11 is 0. The lowest BCUT2D eigenvalue weighted by Crippen LogP contribution is -2.22. The van der Waals surface area contributed by atoms with Gasteiger partial charge in [-0.2, -0.15) is 0 Å². The lowest BCUT2D eigenvalue weighted by atomic mass is 10.2. The molecule has 0 heterocycles. The van der Waals surface area contributed by atoms with Crippen molar-refractivity contribution in [3.63, 3.8) is 0 Å². The zero-order valence-corrected chi connectivity index (χ0v) is 12.9. The first-order valence-electron chi connectivity index (χ1n) is 7.26. The van der Waals surface area contributed by atoms with Gasteiger partial charge < -0.3 is 14.8 Å². The van der Waals surface area contributed by atoms with E-state index in [4.69, 9.17) is 9.47 Å². The highest BCUT2D eigenvalue weighted by Gasteiger charge is 2.03. The molecule has 0 fully saturated rings. The molecule has 0 amide bonds. The van der Waals surface area contributed by atoms with E-state index in [-0.39, 0.29) is 0 Å². The molecule has 0 aliphatic carbocycles. The minimum Gasteiger partial charge on any atom is -0.491 e. The van der Waals surface area contributed by atoms with E-state index in [2.05, 4.69) is 31.8 Å². The third-order valence-corrected chi connectivity index (χ3v) is 2.83. The lowest BCUT2D eigenvalue weighted by molar-refractivity contribution is 0.102. The maximum absolute atomic E-state index is 5.79. The first-order chi connectivity index (χ1) is 9.59. The first-order valence-corrected chi connectivity index (χ1v) is 7.26. The van der Waals surface area contributed by atoms with Crippen molar-refractivity contribution in [1.82, 2.24) is 5.32 Å². The number of ether oxygens (including phenoxy) is 2. The van der Waals surface area contributed by atoms with Crippen molar-refractivity contribution in [2.45, 2.75) is 39.8 Å². The maximum atomic E-state index is 5.79. The monoisotopic (exact) mass is 277 g/mol. The molecule has 0 bridgehead atoms. The van der Waals surface area contributed by atoms with Crippen LogP contribution in [0.1, 0.15) is 32.8 Å². The zero-order chi connectivity index (χ0) is 14.8. The highest BCUT2D eigenvalue weighted by Crippen LogP contribution is 2.17. The summed E-state index contributed by atoms with van der Waals surface area (Å²) in [6.45, 7) is 12.9. The highest BCUT2D eigenvalue weighted by molar-refractivity contribution is 5.33. The summed E-state index contributed by atoms with van der Waals surface area (Å²) in [6, 6.07) is 8.59. The molecule has 1 aromatic rings. The molecule has 1 aromatic carbocycles. The summed E-state index contributed by atoms with van der Waals surface area (Å²) in [6.07, 6.45) is 0.912. The van der Waals surface area contributed by atoms with Crippen LogP contribution in [0, 0.1) is 0 Å². The summed E-state index contributed by atoms with van der Waals surface area (Å²) in [5, 5.41) is 3.40. The SMILES string of the molecule is C=C(C)CCOCCOc1ccccc1CNC(C)C. The quantitative estimate of drug-likeness (QED) is 0.524. The Hall–Kier alpha value is -1.32. The molecule has 0 atom stereocenters. The average molecular weight is 277 g/mol. The molecular weight excluding hydrogens is 250 g/mol. The highest BCUT2D eigenvalue weighted by atomic mass is 16.5. The number of rotatable bonds is 10. The fourth-order valence-corrected chi connectivity index (χ4v) is 1.66. The minimum atomic E-state index is 0.466. The van der Waals surface area contributed by atoms with Gasteiger partial charge in [0, 0.05) is 18.2 Å². The van der Waals surface area contributed by atoms with Gasteiger partial charge in [0.05, 0.1) is 13.2 Å². The van der Waals surface area contributed by atoms with E-state index in [1.165, 1.54) is 5.56 Å². The Morgan fingerprint density at radius 1 is 1.20 bits per heavy atom. The van der Waals surface area contributed by atoms with Crippen molar-refractivity contribution >= 4 is 0 Å². The van der Waals surface area contributed by atoms with Gasteiger partial charge in [-0.1, -0.05) is 37.6 Å². The second-order valence-corrected chi connectivity index (χ2v) is 5.31. The predicted octanol–water partition coefficient (Wildman–Crippen LogP) is 3.55.